The largest absolute Gasteiger partial charge is 0.492 e. The van der Waals surface area contributed by atoms with Crippen LogP contribution in [0, 0.1) is 5.41 Å². The molecule has 8 nitrogen and oxygen atoms in total. The smallest absolute Gasteiger partial charge is 0.327 e. The summed E-state index contributed by atoms with van der Waals surface area (Å²) in [5.41, 5.74) is 1.13. The number of para-hydroxylation sites is 2. The lowest BCUT2D eigenvalue weighted by molar-refractivity contribution is -0.00932. The third-order valence-corrected chi connectivity index (χ3v) is 8.30. The van der Waals surface area contributed by atoms with Gasteiger partial charge in [-0.2, -0.15) is 0 Å². The Labute approximate surface area is 261 Å². The highest BCUT2D eigenvalue weighted by atomic mass is 31.2. The molecule has 0 radical (unpaired) electrons. The van der Waals surface area contributed by atoms with Crippen molar-refractivity contribution in [2.75, 3.05) is 26.4 Å². The Bertz CT molecular complexity index is 898. The van der Waals surface area contributed by atoms with Gasteiger partial charge in [-0.3, -0.25) is 0 Å². The third kappa shape index (κ3) is 16.5. The van der Waals surface area contributed by atoms with Gasteiger partial charge in [0.2, 0.25) is 0 Å². The maximum Gasteiger partial charge on any atom is 0.327 e. The molecule has 0 spiro atoms. The normalized spacial score (nSPS) is 11.9. The summed E-state index contributed by atoms with van der Waals surface area (Å²) in [5.74, 6) is 1.46. The first kappa shape index (κ1) is 37.8. The minimum Gasteiger partial charge on any atom is -0.492 e. The minimum absolute atomic E-state index is 0.0481. The van der Waals surface area contributed by atoms with E-state index < -0.39 is 22.6 Å². The zero-order valence-corrected chi connectivity index (χ0v) is 28.0. The van der Waals surface area contributed by atoms with Gasteiger partial charge in [0, 0.05) is 0 Å². The first-order chi connectivity index (χ1) is 20.9. The average molecular weight is 641 g/mol. The standard InChI is InChI=1S/C33H54O8P2/c1-3-5-7-9-11-13-19-29-21-15-17-23-31(29)38-25-33(27-40-42(34)35,28-41-43(36)37)26-39-32-24-18-16-22-30(32)20-14-12-10-8-6-4-2/h15-18,21-24,34-37H,3-14,19-20,25-28H2,1-2H3. The number of ether oxygens (including phenoxy) is 2. The summed E-state index contributed by atoms with van der Waals surface area (Å²) in [6.07, 6.45) is 16.2. The van der Waals surface area contributed by atoms with E-state index in [-0.39, 0.29) is 26.4 Å². The van der Waals surface area contributed by atoms with Crippen molar-refractivity contribution in [2.24, 2.45) is 5.41 Å². The second-order valence-electron chi connectivity index (χ2n) is 11.4. The van der Waals surface area contributed by atoms with Gasteiger partial charge in [-0.1, -0.05) is 114 Å². The fourth-order valence-electron chi connectivity index (χ4n) is 4.99. The van der Waals surface area contributed by atoms with Crippen LogP contribution in [0.2, 0.25) is 0 Å². The van der Waals surface area contributed by atoms with Crippen molar-refractivity contribution in [2.45, 2.75) is 104 Å². The number of benzene rings is 2. The number of aryl methyl sites for hydroxylation is 2. The van der Waals surface area contributed by atoms with E-state index >= 15 is 0 Å². The van der Waals surface area contributed by atoms with Crippen LogP contribution < -0.4 is 9.47 Å². The highest BCUT2D eigenvalue weighted by Gasteiger charge is 2.36. The van der Waals surface area contributed by atoms with E-state index in [1.807, 2.05) is 36.4 Å². The SMILES string of the molecule is CCCCCCCCc1ccccc1OCC(COc1ccccc1CCCCCCCC)(COP(O)O)COP(O)O. The van der Waals surface area contributed by atoms with Crippen molar-refractivity contribution in [3.05, 3.63) is 59.7 Å². The van der Waals surface area contributed by atoms with Crippen molar-refractivity contribution in [3.63, 3.8) is 0 Å². The Morgan fingerprint density at radius 2 is 0.884 bits per heavy atom. The van der Waals surface area contributed by atoms with Crippen LogP contribution in [0.5, 0.6) is 11.5 Å². The molecule has 4 N–H and O–H groups in total. The van der Waals surface area contributed by atoms with E-state index in [2.05, 4.69) is 26.0 Å². The zero-order valence-electron chi connectivity index (χ0n) is 26.2. The van der Waals surface area contributed by atoms with Gasteiger partial charge in [-0.05, 0) is 48.9 Å². The van der Waals surface area contributed by atoms with Crippen molar-refractivity contribution >= 4 is 17.2 Å². The van der Waals surface area contributed by atoms with Gasteiger partial charge in [0.1, 0.15) is 24.7 Å². The topological polar surface area (TPSA) is 118 Å². The molecule has 0 aliphatic heterocycles. The fraction of sp³-hybridized carbons (Fsp3) is 0.636. The molecule has 10 heteroatoms. The lowest BCUT2D eigenvalue weighted by Gasteiger charge is -2.33. The molecule has 2 aromatic rings. The van der Waals surface area contributed by atoms with Crippen LogP contribution >= 0.6 is 17.2 Å². The van der Waals surface area contributed by atoms with Crippen molar-refractivity contribution in [1.29, 1.82) is 0 Å². The van der Waals surface area contributed by atoms with Crippen LogP contribution in [-0.2, 0) is 21.9 Å². The molecule has 244 valence electrons. The first-order valence-electron chi connectivity index (χ1n) is 15.9. The molecule has 0 bridgehead atoms. The van der Waals surface area contributed by atoms with Crippen LogP contribution in [0.25, 0.3) is 0 Å². The molecular weight excluding hydrogens is 586 g/mol. The van der Waals surface area contributed by atoms with E-state index in [9.17, 15) is 19.6 Å². The van der Waals surface area contributed by atoms with Gasteiger partial charge < -0.3 is 38.1 Å². The number of rotatable bonds is 26. The summed E-state index contributed by atoms with van der Waals surface area (Å²) in [5, 5.41) is 0. The third-order valence-electron chi connectivity index (χ3n) is 7.58. The molecule has 43 heavy (non-hydrogen) atoms. The molecule has 2 aromatic carbocycles. The maximum atomic E-state index is 9.58. The van der Waals surface area contributed by atoms with Crippen LogP contribution in [0.1, 0.15) is 102 Å². The molecule has 0 atom stereocenters. The lowest BCUT2D eigenvalue weighted by Crippen LogP contribution is -2.43. The molecule has 0 heterocycles. The second kappa shape index (κ2) is 23.1. The Morgan fingerprint density at radius 3 is 1.28 bits per heavy atom. The number of hydrogen-bond acceptors (Lipinski definition) is 8. The molecule has 0 saturated heterocycles. The molecule has 0 unspecified atom stereocenters. The molecular formula is C33H54O8P2. The number of hydrogen-bond donors (Lipinski definition) is 4. The fourth-order valence-corrected chi connectivity index (χ4v) is 5.77. The van der Waals surface area contributed by atoms with Gasteiger partial charge in [0.15, 0.2) is 0 Å². The highest BCUT2D eigenvalue weighted by molar-refractivity contribution is 7.39. The predicted octanol–water partition coefficient (Wildman–Crippen LogP) is 8.39. The second-order valence-corrected chi connectivity index (χ2v) is 12.9. The van der Waals surface area contributed by atoms with Gasteiger partial charge in [0.25, 0.3) is 0 Å². The van der Waals surface area contributed by atoms with E-state index in [1.54, 1.807) is 0 Å². The highest BCUT2D eigenvalue weighted by Crippen LogP contribution is 2.36. The van der Waals surface area contributed by atoms with Gasteiger partial charge >= 0.3 is 17.2 Å². The Hall–Kier alpha value is -1.34. The molecule has 0 aliphatic carbocycles. The molecule has 0 aliphatic rings. The molecule has 0 saturated carbocycles. The van der Waals surface area contributed by atoms with Crippen LogP contribution in [0.15, 0.2) is 48.5 Å². The van der Waals surface area contributed by atoms with Crippen LogP contribution in [0.4, 0.5) is 0 Å². The molecule has 2 rings (SSSR count). The van der Waals surface area contributed by atoms with E-state index in [0.29, 0.717) is 0 Å². The van der Waals surface area contributed by atoms with Crippen molar-refractivity contribution in [1.82, 2.24) is 0 Å². The number of unbranched alkanes of at least 4 members (excludes halogenated alkanes) is 10. The quantitative estimate of drug-likeness (QED) is 0.0598. The zero-order chi connectivity index (χ0) is 31.2. The predicted molar refractivity (Wildman–Crippen MR) is 175 cm³/mol. The minimum atomic E-state index is -2.65. The van der Waals surface area contributed by atoms with E-state index in [4.69, 9.17) is 18.5 Å². The molecule has 0 amide bonds. The van der Waals surface area contributed by atoms with E-state index in [0.717, 1.165) is 48.3 Å². The Balaban J connectivity index is 2.14. The van der Waals surface area contributed by atoms with Gasteiger partial charge in [-0.15, -0.1) is 0 Å². The molecule has 0 fully saturated rings. The summed E-state index contributed by atoms with van der Waals surface area (Å²) in [6.45, 7) is 4.18. The monoisotopic (exact) mass is 640 g/mol. The van der Waals surface area contributed by atoms with Crippen LogP contribution in [-0.4, -0.2) is 46.0 Å². The van der Waals surface area contributed by atoms with Gasteiger partial charge in [-0.25, -0.2) is 0 Å². The van der Waals surface area contributed by atoms with Crippen LogP contribution in [0.3, 0.4) is 0 Å². The Morgan fingerprint density at radius 1 is 0.512 bits per heavy atom. The van der Waals surface area contributed by atoms with Crippen molar-refractivity contribution < 1.29 is 38.1 Å². The van der Waals surface area contributed by atoms with E-state index in [1.165, 1.54) is 64.2 Å². The summed E-state index contributed by atoms with van der Waals surface area (Å²) >= 11 is 0. The maximum absolute atomic E-state index is 9.58. The summed E-state index contributed by atoms with van der Waals surface area (Å²) in [7, 11) is -5.30. The Kier molecular flexibility index (Phi) is 20.3. The summed E-state index contributed by atoms with van der Waals surface area (Å²) < 4.78 is 23.2. The van der Waals surface area contributed by atoms with Gasteiger partial charge in [0.05, 0.1) is 18.6 Å². The summed E-state index contributed by atoms with van der Waals surface area (Å²) in [4.78, 5) is 38.3. The first-order valence-corrected chi connectivity index (χ1v) is 18.2. The van der Waals surface area contributed by atoms with Crippen molar-refractivity contribution in [3.8, 4) is 11.5 Å². The molecule has 0 aromatic heterocycles. The average Bonchev–Trinajstić information content (AvgIpc) is 3.00. The lowest BCUT2D eigenvalue weighted by atomic mass is 9.92. The summed E-state index contributed by atoms with van der Waals surface area (Å²) in [6, 6.07) is 15.8.